The van der Waals surface area contributed by atoms with Gasteiger partial charge in [0, 0.05) is 6.07 Å². The first-order chi connectivity index (χ1) is 7.72. The van der Waals surface area contributed by atoms with Crippen molar-refractivity contribution in [1.82, 2.24) is 14.8 Å². The molecule has 84 valence electrons. The van der Waals surface area contributed by atoms with E-state index < -0.39 is 0 Å². The van der Waals surface area contributed by atoms with Gasteiger partial charge in [0.05, 0.1) is 12.3 Å². The monoisotopic (exact) mass is 235 g/mol. The summed E-state index contributed by atoms with van der Waals surface area (Å²) in [6.45, 7) is 4.51. The number of rotatable bonds is 3. The normalized spacial score (nSPS) is 10.4. The van der Waals surface area contributed by atoms with Crippen LogP contribution in [0.25, 0.3) is 5.69 Å². The second-order valence-electron chi connectivity index (χ2n) is 3.34. The molecule has 0 saturated heterocycles. The molecule has 2 aromatic rings. The first-order valence-corrected chi connectivity index (χ1v) is 5.50. The maximum atomic E-state index is 5.45. The molecule has 1 aromatic carbocycles. The Morgan fingerprint density at radius 1 is 1.50 bits per heavy atom. The molecule has 0 aliphatic carbocycles. The van der Waals surface area contributed by atoms with Crippen molar-refractivity contribution in [2.45, 2.75) is 13.8 Å². The van der Waals surface area contributed by atoms with Crippen LogP contribution in [0.4, 0.5) is 0 Å². The number of ether oxygens (including phenoxy) is 1. The van der Waals surface area contributed by atoms with Crippen LogP contribution in [0, 0.1) is 11.7 Å². The number of hydrogen-bond donors (Lipinski definition) is 1. The fourth-order valence-corrected chi connectivity index (χ4v) is 1.84. The summed E-state index contributed by atoms with van der Waals surface area (Å²) in [6, 6.07) is 7.78. The number of hydrogen-bond acceptors (Lipinski definition) is 3. The van der Waals surface area contributed by atoms with Crippen LogP contribution in [0.2, 0.25) is 0 Å². The lowest BCUT2D eigenvalue weighted by Crippen LogP contribution is -1.98. The van der Waals surface area contributed by atoms with E-state index in [9.17, 15) is 0 Å². The number of benzene rings is 1. The topological polar surface area (TPSA) is 42.8 Å². The number of aryl methyl sites for hydroxylation is 1. The number of nitrogens with one attached hydrogen (secondary N) is 1. The molecule has 0 fully saturated rings. The van der Waals surface area contributed by atoms with Gasteiger partial charge in [0.2, 0.25) is 0 Å². The van der Waals surface area contributed by atoms with Crippen LogP contribution in [-0.2, 0) is 0 Å². The second kappa shape index (κ2) is 4.49. The minimum Gasteiger partial charge on any atom is -0.494 e. The third-order valence-corrected chi connectivity index (χ3v) is 2.50. The average molecular weight is 235 g/mol. The van der Waals surface area contributed by atoms with Crippen LogP contribution in [-0.4, -0.2) is 21.4 Å². The first-order valence-electron chi connectivity index (χ1n) is 5.09. The van der Waals surface area contributed by atoms with Gasteiger partial charge in [0.25, 0.3) is 0 Å². The van der Waals surface area contributed by atoms with Gasteiger partial charge in [-0.05, 0) is 38.2 Å². The molecule has 0 aliphatic rings. The van der Waals surface area contributed by atoms with Crippen LogP contribution in [0.15, 0.2) is 24.3 Å². The number of aromatic nitrogens is 3. The molecule has 16 heavy (non-hydrogen) atoms. The lowest BCUT2D eigenvalue weighted by Gasteiger charge is -2.07. The predicted octanol–water partition coefficient (Wildman–Crippen LogP) is 2.64. The molecule has 0 unspecified atom stereocenters. The standard InChI is InChI=1S/C11H13N3OS/c1-3-15-10-6-4-5-9(7-10)14-8(2)12-13-11(14)16/h4-7H,3H2,1-2H3,(H,13,16). The highest BCUT2D eigenvalue weighted by atomic mass is 32.1. The SMILES string of the molecule is CCOc1cccc(-n2c(C)n[nH]c2=S)c1. The first kappa shape index (κ1) is 10.9. The highest BCUT2D eigenvalue weighted by molar-refractivity contribution is 7.71. The van der Waals surface area contributed by atoms with E-state index in [0.29, 0.717) is 11.4 Å². The average Bonchev–Trinajstić information content (AvgIpc) is 2.59. The van der Waals surface area contributed by atoms with Gasteiger partial charge >= 0.3 is 0 Å². The van der Waals surface area contributed by atoms with Crippen LogP contribution in [0.5, 0.6) is 5.75 Å². The van der Waals surface area contributed by atoms with E-state index in [0.717, 1.165) is 17.3 Å². The highest BCUT2D eigenvalue weighted by Crippen LogP contribution is 2.17. The van der Waals surface area contributed by atoms with E-state index in [2.05, 4.69) is 10.2 Å². The van der Waals surface area contributed by atoms with Crippen molar-refractivity contribution in [2.75, 3.05) is 6.61 Å². The molecule has 1 heterocycles. The van der Waals surface area contributed by atoms with Crippen LogP contribution in [0.3, 0.4) is 0 Å². The summed E-state index contributed by atoms with van der Waals surface area (Å²) in [5.74, 6) is 1.67. The molecule has 0 bridgehead atoms. The lowest BCUT2D eigenvalue weighted by molar-refractivity contribution is 0.340. The van der Waals surface area contributed by atoms with E-state index >= 15 is 0 Å². The predicted molar refractivity (Wildman–Crippen MR) is 64.7 cm³/mol. The summed E-state index contributed by atoms with van der Waals surface area (Å²) in [5, 5.41) is 6.83. The maximum absolute atomic E-state index is 5.45. The van der Waals surface area contributed by atoms with Gasteiger partial charge < -0.3 is 4.74 Å². The number of H-pyrrole nitrogens is 1. The molecule has 1 aromatic heterocycles. The van der Waals surface area contributed by atoms with Crippen LogP contribution in [0.1, 0.15) is 12.7 Å². The molecular weight excluding hydrogens is 222 g/mol. The lowest BCUT2D eigenvalue weighted by atomic mass is 10.3. The molecular formula is C11H13N3OS. The molecule has 0 aliphatic heterocycles. The Morgan fingerprint density at radius 3 is 2.94 bits per heavy atom. The number of nitrogens with zero attached hydrogens (tertiary/aromatic N) is 2. The van der Waals surface area contributed by atoms with Crippen LogP contribution < -0.4 is 4.74 Å². The third kappa shape index (κ3) is 1.99. The van der Waals surface area contributed by atoms with E-state index in [1.807, 2.05) is 42.7 Å². The Bertz CT molecular complexity index is 544. The molecule has 0 spiro atoms. The van der Waals surface area contributed by atoms with Gasteiger partial charge in [0.15, 0.2) is 4.77 Å². The van der Waals surface area contributed by atoms with E-state index in [1.165, 1.54) is 0 Å². The summed E-state index contributed by atoms with van der Waals surface area (Å²) < 4.78 is 7.91. The van der Waals surface area contributed by atoms with Crippen molar-refractivity contribution in [3.05, 3.63) is 34.9 Å². The Morgan fingerprint density at radius 2 is 2.31 bits per heavy atom. The largest absolute Gasteiger partial charge is 0.494 e. The van der Waals surface area contributed by atoms with Crippen molar-refractivity contribution in [2.24, 2.45) is 0 Å². The van der Waals surface area contributed by atoms with Crippen molar-refractivity contribution in [3.8, 4) is 11.4 Å². The summed E-state index contributed by atoms with van der Waals surface area (Å²) in [6.07, 6.45) is 0. The van der Waals surface area contributed by atoms with Crippen molar-refractivity contribution in [3.63, 3.8) is 0 Å². The van der Waals surface area contributed by atoms with E-state index in [1.54, 1.807) is 0 Å². The smallest absolute Gasteiger partial charge is 0.199 e. The third-order valence-electron chi connectivity index (χ3n) is 2.23. The van der Waals surface area contributed by atoms with Gasteiger partial charge in [-0.1, -0.05) is 6.07 Å². The zero-order chi connectivity index (χ0) is 11.5. The second-order valence-corrected chi connectivity index (χ2v) is 3.73. The summed E-state index contributed by atoms with van der Waals surface area (Å²) in [7, 11) is 0. The Labute approximate surface area is 98.9 Å². The molecule has 5 heteroatoms. The maximum Gasteiger partial charge on any atom is 0.199 e. The molecule has 0 saturated carbocycles. The molecule has 2 rings (SSSR count). The fraction of sp³-hybridized carbons (Fsp3) is 0.273. The molecule has 0 atom stereocenters. The van der Waals surface area contributed by atoms with Crippen molar-refractivity contribution in [1.29, 1.82) is 0 Å². The minimum atomic E-state index is 0.589. The summed E-state index contributed by atoms with van der Waals surface area (Å²) in [4.78, 5) is 0. The molecule has 1 N–H and O–H groups in total. The summed E-state index contributed by atoms with van der Waals surface area (Å²) >= 11 is 5.17. The van der Waals surface area contributed by atoms with E-state index in [-0.39, 0.29) is 0 Å². The quantitative estimate of drug-likeness (QED) is 0.832. The molecule has 4 nitrogen and oxygen atoms in total. The van der Waals surface area contributed by atoms with Gasteiger partial charge in [0.1, 0.15) is 11.6 Å². The summed E-state index contributed by atoms with van der Waals surface area (Å²) in [5.41, 5.74) is 0.960. The zero-order valence-electron chi connectivity index (χ0n) is 9.23. The Hall–Kier alpha value is -1.62. The zero-order valence-corrected chi connectivity index (χ0v) is 10.0. The highest BCUT2D eigenvalue weighted by Gasteiger charge is 2.04. The van der Waals surface area contributed by atoms with Crippen molar-refractivity contribution < 1.29 is 4.74 Å². The van der Waals surface area contributed by atoms with Gasteiger partial charge in [-0.15, -0.1) is 0 Å². The molecule has 0 amide bonds. The van der Waals surface area contributed by atoms with Gasteiger partial charge in [-0.25, -0.2) is 0 Å². The van der Waals surface area contributed by atoms with E-state index in [4.69, 9.17) is 17.0 Å². The number of aromatic amines is 1. The Balaban J connectivity index is 2.48. The molecule has 0 radical (unpaired) electrons. The van der Waals surface area contributed by atoms with Gasteiger partial charge in [-0.2, -0.15) is 5.10 Å². The Kier molecular flexibility index (Phi) is 3.05. The van der Waals surface area contributed by atoms with Gasteiger partial charge in [-0.3, -0.25) is 9.67 Å². The fourth-order valence-electron chi connectivity index (χ4n) is 1.56. The van der Waals surface area contributed by atoms with Crippen LogP contribution >= 0.6 is 12.2 Å². The van der Waals surface area contributed by atoms with Crippen molar-refractivity contribution >= 4 is 12.2 Å². The minimum absolute atomic E-state index is 0.589.